The maximum absolute atomic E-state index is 12.6. The number of aromatic amines is 1. The van der Waals surface area contributed by atoms with E-state index in [0.717, 1.165) is 18.6 Å². The van der Waals surface area contributed by atoms with Gasteiger partial charge in [0.25, 0.3) is 5.56 Å². The first kappa shape index (κ1) is 18.4. The summed E-state index contributed by atoms with van der Waals surface area (Å²) < 4.78 is 7.23. The molecule has 0 radical (unpaired) electrons. The highest BCUT2D eigenvalue weighted by Gasteiger charge is 2.24. The van der Waals surface area contributed by atoms with Crippen molar-refractivity contribution in [1.82, 2.24) is 14.5 Å². The second-order valence-electron chi connectivity index (χ2n) is 6.34. The second-order valence-corrected chi connectivity index (χ2v) is 7.19. The van der Waals surface area contributed by atoms with Crippen LogP contribution in [0.4, 0.5) is 0 Å². The molecule has 1 unspecified atom stereocenters. The third-order valence-corrected chi connectivity index (χ3v) is 4.94. The van der Waals surface area contributed by atoms with Crippen molar-refractivity contribution in [1.29, 1.82) is 0 Å². The molecule has 0 saturated carbocycles. The molecule has 1 fully saturated rings. The predicted molar refractivity (Wildman–Crippen MR) is 100 cm³/mol. The molecule has 7 nitrogen and oxygen atoms in total. The first-order valence-corrected chi connectivity index (χ1v) is 9.27. The zero-order valence-corrected chi connectivity index (χ0v) is 15.8. The molecule has 1 aliphatic rings. The van der Waals surface area contributed by atoms with Gasteiger partial charge in [-0.1, -0.05) is 18.2 Å². The minimum atomic E-state index is -0.590. The van der Waals surface area contributed by atoms with E-state index in [1.807, 2.05) is 30.3 Å². The topological polar surface area (TPSA) is 84.4 Å². The molecule has 1 aromatic carbocycles. The van der Waals surface area contributed by atoms with Crippen molar-refractivity contribution in [3.63, 3.8) is 0 Å². The number of amides is 1. The van der Waals surface area contributed by atoms with Crippen molar-refractivity contribution in [3.8, 4) is 5.75 Å². The van der Waals surface area contributed by atoms with Gasteiger partial charge in [-0.25, -0.2) is 4.79 Å². The monoisotopic (exact) mass is 421 g/mol. The summed E-state index contributed by atoms with van der Waals surface area (Å²) in [4.78, 5) is 39.7. The molecule has 138 valence electrons. The zero-order valence-electron chi connectivity index (χ0n) is 14.2. The molecule has 1 aromatic heterocycles. The van der Waals surface area contributed by atoms with Gasteiger partial charge in [0.2, 0.25) is 5.91 Å². The number of ether oxygens (including phenoxy) is 1. The average Bonchev–Trinajstić information content (AvgIpc) is 2.65. The van der Waals surface area contributed by atoms with E-state index in [9.17, 15) is 14.4 Å². The summed E-state index contributed by atoms with van der Waals surface area (Å²) in [5.41, 5.74) is -1.10. The largest absolute Gasteiger partial charge is 0.493 e. The van der Waals surface area contributed by atoms with Gasteiger partial charge in [0.15, 0.2) is 0 Å². The van der Waals surface area contributed by atoms with E-state index < -0.39 is 11.2 Å². The average molecular weight is 422 g/mol. The number of rotatable bonds is 5. The third-order valence-electron chi connectivity index (χ3n) is 4.37. The van der Waals surface area contributed by atoms with Crippen LogP contribution >= 0.6 is 15.9 Å². The summed E-state index contributed by atoms with van der Waals surface area (Å²) in [6.45, 7) is 1.73. The van der Waals surface area contributed by atoms with Crippen LogP contribution in [0, 0.1) is 5.92 Å². The van der Waals surface area contributed by atoms with Gasteiger partial charge >= 0.3 is 5.69 Å². The molecule has 1 aliphatic heterocycles. The van der Waals surface area contributed by atoms with E-state index in [0.29, 0.717) is 19.7 Å². The summed E-state index contributed by atoms with van der Waals surface area (Å²) in [7, 11) is 0. The Kier molecular flexibility index (Phi) is 5.92. The smallest absolute Gasteiger partial charge is 0.328 e. The number of benzene rings is 1. The fourth-order valence-electron chi connectivity index (χ4n) is 3.00. The predicted octanol–water partition coefficient (Wildman–Crippen LogP) is 1.62. The van der Waals surface area contributed by atoms with Gasteiger partial charge in [0.05, 0.1) is 11.1 Å². The van der Waals surface area contributed by atoms with Crippen molar-refractivity contribution < 1.29 is 9.53 Å². The molecule has 2 aromatic rings. The molecule has 2 heterocycles. The number of hydrogen-bond donors (Lipinski definition) is 1. The summed E-state index contributed by atoms with van der Waals surface area (Å²) in [5.74, 6) is 0.933. The van der Waals surface area contributed by atoms with Gasteiger partial charge in [0.1, 0.15) is 12.3 Å². The number of nitrogens with zero attached hydrogens (tertiary/aromatic N) is 2. The van der Waals surface area contributed by atoms with Gasteiger partial charge in [-0.15, -0.1) is 0 Å². The van der Waals surface area contributed by atoms with Crippen molar-refractivity contribution in [2.75, 3.05) is 19.7 Å². The zero-order chi connectivity index (χ0) is 18.5. The number of hydrogen-bond acceptors (Lipinski definition) is 4. The number of carbonyl (C=O) groups is 1. The van der Waals surface area contributed by atoms with E-state index in [4.69, 9.17) is 4.74 Å². The first-order chi connectivity index (χ1) is 12.5. The molecular formula is C18H20BrN3O4. The van der Waals surface area contributed by atoms with Gasteiger partial charge < -0.3 is 9.64 Å². The van der Waals surface area contributed by atoms with Crippen LogP contribution in [0.15, 0.2) is 50.6 Å². The lowest BCUT2D eigenvalue weighted by atomic mass is 9.99. The van der Waals surface area contributed by atoms with Crippen LogP contribution < -0.4 is 16.0 Å². The normalized spacial score (nSPS) is 17.1. The number of H-pyrrole nitrogens is 1. The fraction of sp³-hybridized carbons (Fsp3) is 0.389. The Morgan fingerprint density at radius 3 is 2.81 bits per heavy atom. The van der Waals surface area contributed by atoms with Crippen LogP contribution in [-0.2, 0) is 11.3 Å². The SMILES string of the molecule is O=C(Cn1cc(Br)c(=O)[nH]c1=O)N1CCCC(COc2ccccc2)C1. The van der Waals surface area contributed by atoms with E-state index in [2.05, 4.69) is 20.9 Å². The molecule has 0 spiro atoms. The van der Waals surface area contributed by atoms with Gasteiger partial charge in [-0.2, -0.15) is 0 Å². The van der Waals surface area contributed by atoms with Gasteiger partial charge in [-0.05, 0) is 40.9 Å². The number of para-hydroxylation sites is 1. The van der Waals surface area contributed by atoms with E-state index in [-0.39, 0.29) is 22.8 Å². The van der Waals surface area contributed by atoms with Crippen LogP contribution in [0.2, 0.25) is 0 Å². The lowest BCUT2D eigenvalue weighted by molar-refractivity contribution is -0.133. The number of nitrogens with one attached hydrogen (secondary N) is 1. The van der Waals surface area contributed by atoms with Crippen LogP contribution in [0.5, 0.6) is 5.75 Å². The Morgan fingerprint density at radius 1 is 1.27 bits per heavy atom. The van der Waals surface area contributed by atoms with E-state index in [1.165, 1.54) is 10.8 Å². The molecule has 3 rings (SSSR count). The Hall–Kier alpha value is -2.35. The van der Waals surface area contributed by atoms with Crippen LogP contribution in [0.3, 0.4) is 0 Å². The summed E-state index contributed by atoms with van der Waals surface area (Å²) in [6, 6.07) is 9.60. The van der Waals surface area contributed by atoms with E-state index in [1.54, 1.807) is 4.90 Å². The Balaban J connectivity index is 1.58. The molecule has 1 amide bonds. The van der Waals surface area contributed by atoms with Crippen LogP contribution in [-0.4, -0.2) is 40.1 Å². The number of piperidine rings is 1. The molecule has 0 bridgehead atoms. The summed E-state index contributed by atoms with van der Waals surface area (Å²) >= 11 is 3.07. The Bertz CT molecular complexity index is 878. The number of carbonyl (C=O) groups excluding carboxylic acids is 1. The van der Waals surface area contributed by atoms with Gasteiger partial charge in [-0.3, -0.25) is 19.1 Å². The summed E-state index contributed by atoms with van der Waals surface area (Å²) in [6.07, 6.45) is 3.25. The molecule has 8 heteroatoms. The molecule has 1 atom stereocenters. The highest BCUT2D eigenvalue weighted by molar-refractivity contribution is 9.10. The molecule has 1 saturated heterocycles. The quantitative estimate of drug-likeness (QED) is 0.794. The standard InChI is InChI=1S/C18H20BrN3O4/c19-15-10-22(18(25)20-17(15)24)11-16(23)21-8-4-5-13(9-21)12-26-14-6-2-1-3-7-14/h1-3,6-7,10,13H,4-5,8-9,11-12H2,(H,20,24,25). The Morgan fingerprint density at radius 2 is 2.04 bits per heavy atom. The molecule has 26 heavy (non-hydrogen) atoms. The number of aromatic nitrogens is 2. The van der Waals surface area contributed by atoms with Crippen molar-refractivity contribution in [2.45, 2.75) is 19.4 Å². The highest BCUT2D eigenvalue weighted by Crippen LogP contribution is 2.19. The van der Waals surface area contributed by atoms with Crippen molar-refractivity contribution in [2.24, 2.45) is 5.92 Å². The minimum absolute atomic E-state index is 0.0968. The highest BCUT2D eigenvalue weighted by atomic mass is 79.9. The minimum Gasteiger partial charge on any atom is -0.493 e. The summed E-state index contributed by atoms with van der Waals surface area (Å²) in [5, 5.41) is 0. The van der Waals surface area contributed by atoms with Crippen molar-refractivity contribution in [3.05, 3.63) is 61.8 Å². The molecule has 1 N–H and O–H groups in total. The Labute approximate surface area is 158 Å². The van der Waals surface area contributed by atoms with E-state index >= 15 is 0 Å². The lowest BCUT2D eigenvalue weighted by Gasteiger charge is -2.32. The number of likely N-dealkylation sites (tertiary alicyclic amines) is 1. The van der Waals surface area contributed by atoms with Crippen molar-refractivity contribution >= 4 is 21.8 Å². The fourth-order valence-corrected chi connectivity index (χ4v) is 3.35. The maximum Gasteiger partial charge on any atom is 0.328 e. The second kappa shape index (κ2) is 8.35. The van der Waals surface area contributed by atoms with Crippen LogP contribution in [0.25, 0.3) is 0 Å². The number of halogens is 1. The van der Waals surface area contributed by atoms with Gasteiger partial charge in [0, 0.05) is 25.2 Å². The molecule has 0 aliphatic carbocycles. The first-order valence-electron chi connectivity index (χ1n) is 8.48. The maximum atomic E-state index is 12.6. The molecular weight excluding hydrogens is 402 g/mol. The third kappa shape index (κ3) is 4.63. The lowest BCUT2D eigenvalue weighted by Crippen LogP contribution is -2.44. The van der Waals surface area contributed by atoms with Crippen LogP contribution in [0.1, 0.15) is 12.8 Å².